The number of rotatable bonds is 3. The number of fused-ring (bicyclic) bond motifs is 3. The van der Waals surface area contributed by atoms with Gasteiger partial charge in [0, 0.05) is 6.26 Å². The maximum absolute atomic E-state index is 12.0. The van der Waals surface area contributed by atoms with Crippen LogP contribution in [0.1, 0.15) is 5.56 Å². The maximum atomic E-state index is 12.0. The number of aromatic nitrogens is 4. The maximum Gasteiger partial charge on any atom is 0.255 e. The third kappa shape index (κ3) is 2.20. The molecule has 6 nitrogen and oxygen atoms in total. The third-order valence-corrected chi connectivity index (χ3v) is 4.71. The summed E-state index contributed by atoms with van der Waals surface area (Å²) in [5, 5.41) is 7.97. The molecular formula is C16H14N4O2S. The number of nitrogens with zero attached hydrogens (tertiary/aromatic N) is 4. The molecule has 4 aromatic rings. The number of sulfone groups is 1. The summed E-state index contributed by atoms with van der Waals surface area (Å²) >= 11 is 0. The van der Waals surface area contributed by atoms with E-state index in [1.54, 1.807) is 4.40 Å². The minimum atomic E-state index is -3.46. The quantitative estimate of drug-likeness (QED) is 0.578. The smallest absolute Gasteiger partial charge is 0.255 e. The van der Waals surface area contributed by atoms with E-state index in [2.05, 4.69) is 10.2 Å². The van der Waals surface area contributed by atoms with Crippen LogP contribution in [-0.4, -0.2) is 33.8 Å². The van der Waals surface area contributed by atoms with Crippen molar-refractivity contribution in [1.29, 1.82) is 0 Å². The first-order valence-corrected chi connectivity index (χ1v) is 9.01. The highest BCUT2D eigenvalue weighted by Gasteiger charge is 2.22. The van der Waals surface area contributed by atoms with E-state index < -0.39 is 9.84 Å². The Bertz CT molecular complexity index is 1110. The summed E-state index contributed by atoms with van der Waals surface area (Å²) < 4.78 is 27.6. The second-order valence-electron chi connectivity index (χ2n) is 5.45. The molecule has 0 spiro atoms. The normalized spacial score (nSPS) is 12.2. The molecule has 116 valence electrons. The predicted molar refractivity (Wildman–Crippen MR) is 87.1 cm³/mol. The summed E-state index contributed by atoms with van der Waals surface area (Å²) in [7, 11) is -3.46. The van der Waals surface area contributed by atoms with Crippen molar-refractivity contribution in [1.82, 2.24) is 19.2 Å². The summed E-state index contributed by atoms with van der Waals surface area (Å²) in [6.07, 6.45) is 1.15. The lowest BCUT2D eigenvalue weighted by molar-refractivity contribution is 0.592. The van der Waals surface area contributed by atoms with Crippen molar-refractivity contribution in [3.63, 3.8) is 0 Å². The number of para-hydroxylation sites is 2. The molecule has 0 aliphatic heterocycles. The molecule has 2 aromatic carbocycles. The molecule has 0 aliphatic carbocycles. The second-order valence-corrected chi connectivity index (χ2v) is 7.36. The van der Waals surface area contributed by atoms with Gasteiger partial charge in [-0.2, -0.15) is 0 Å². The minimum absolute atomic E-state index is 0.0319. The summed E-state index contributed by atoms with van der Waals surface area (Å²) in [5.74, 6) is 0.524. The topological polar surface area (TPSA) is 69.3 Å². The van der Waals surface area contributed by atoms with Crippen LogP contribution in [0.25, 0.3) is 16.8 Å². The van der Waals surface area contributed by atoms with Gasteiger partial charge in [-0.25, -0.2) is 12.8 Å². The van der Waals surface area contributed by atoms with Gasteiger partial charge in [0.1, 0.15) is 0 Å². The van der Waals surface area contributed by atoms with Gasteiger partial charge < -0.3 is 4.57 Å². The highest BCUT2D eigenvalue weighted by molar-refractivity contribution is 7.90. The molecular weight excluding hydrogens is 312 g/mol. The van der Waals surface area contributed by atoms with E-state index in [4.69, 9.17) is 0 Å². The molecule has 0 bridgehead atoms. The monoisotopic (exact) mass is 326 g/mol. The predicted octanol–water partition coefficient (Wildman–Crippen LogP) is 2.14. The van der Waals surface area contributed by atoms with E-state index in [1.807, 2.05) is 59.2 Å². The van der Waals surface area contributed by atoms with Crippen molar-refractivity contribution < 1.29 is 8.42 Å². The lowest BCUT2D eigenvalue weighted by atomic mass is 10.2. The molecule has 23 heavy (non-hydrogen) atoms. The van der Waals surface area contributed by atoms with Crippen LogP contribution in [0.15, 0.2) is 59.8 Å². The number of hydrogen-bond donors (Lipinski definition) is 0. The molecule has 0 aliphatic rings. The Balaban J connectivity index is 2.05. The average molecular weight is 326 g/mol. The van der Waals surface area contributed by atoms with E-state index in [0.717, 1.165) is 22.9 Å². The van der Waals surface area contributed by atoms with Crippen molar-refractivity contribution >= 4 is 26.6 Å². The van der Waals surface area contributed by atoms with Gasteiger partial charge in [-0.3, -0.25) is 0 Å². The molecule has 0 saturated carbocycles. The van der Waals surface area contributed by atoms with Crippen LogP contribution in [0.2, 0.25) is 0 Å². The molecule has 0 amide bonds. The van der Waals surface area contributed by atoms with Crippen LogP contribution in [-0.2, 0) is 16.4 Å². The zero-order valence-corrected chi connectivity index (χ0v) is 13.2. The van der Waals surface area contributed by atoms with Crippen LogP contribution in [0.4, 0.5) is 0 Å². The first-order chi connectivity index (χ1) is 11.1. The number of imidazole rings is 1. The Labute approximate surface area is 132 Å². The van der Waals surface area contributed by atoms with E-state index >= 15 is 0 Å². The Morgan fingerprint density at radius 2 is 1.57 bits per heavy atom. The van der Waals surface area contributed by atoms with Gasteiger partial charge in [0.15, 0.2) is 0 Å². The van der Waals surface area contributed by atoms with Crippen molar-refractivity contribution in [3.8, 4) is 0 Å². The zero-order chi connectivity index (χ0) is 16.0. The molecule has 0 saturated heterocycles. The molecule has 0 atom stereocenters. The first kappa shape index (κ1) is 14.0. The van der Waals surface area contributed by atoms with Gasteiger partial charge in [0.25, 0.3) is 5.16 Å². The van der Waals surface area contributed by atoms with E-state index in [1.165, 1.54) is 0 Å². The third-order valence-electron chi connectivity index (χ3n) is 3.79. The van der Waals surface area contributed by atoms with Crippen molar-refractivity contribution in [3.05, 3.63) is 60.2 Å². The van der Waals surface area contributed by atoms with E-state index in [0.29, 0.717) is 12.3 Å². The van der Waals surface area contributed by atoms with Crippen molar-refractivity contribution in [2.75, 3.05) is 6.26 Å². The minimum Gasteiger partial charge on any atom is -0.304 e. The van der Waals surface area contributed by atoms with Gasteiger partial charge in [-0.15, -0.1) is 10.2 Å². The average Bonchev–Trinajstić information content (AvgIpc) is 3.08. The zero-order valence-electron chi connectivity index (χ0n) is 12.4. The Morgan fingerprint density at radius 3 is 2.26 bits per heavy atom. The molecule has 2 aromatic heterocycles. The molecule has 0 radical (unpaired) electrons. The second kappa shape index (κ2) is 4.92. The van der Waals surface area contributed by atoms with Crippen molar-refractivity contribution in [2.45, 2.75) is 11.7 Å². The lowest BCUT2D eigenvalue weighted by Gasteiger charge is -2.04. The van der Waals surface area contributed by atoms with E-state index in [9.17, 15) is 8.42 Å². The fourth-order valence-corrected chi connectivity index (χ4v) is 3.50. The van der Waals surface area contributed by atoms with E-state index in [-0.39, 0.29) is 5.16 Å². The van der Waals surface area contributed by atoms with Crippen molar-refractivity contribution in [2.24, 2.45) is 0 Å². The Kier molecular flexibility index (Phi) is 2.99. The fraction of sp³-hybridized carbons (Fsp3) is 0.125. The molecule has 7 heteroatoms. The molecule has 2 heterocycles. The highest BCUT2D eigenvalue weighted by Crippen LogP contribution is 2.24. The largest absolute Gasteiger partial charge is 0.304 e. The summed E-state index contributed by atoms with van der Waals surface area (Å²) in [6, 6.07) is 17.6. The fourth-order valence-electron chi connectivity index (χ4n) is 2.80. The van der Waals surface area contributed by atoms with Gasteiger partial charge in [0.2, 0.25) is 15.6 Å². The van der Waals surface area contributed by atoms with Crippen LogP contribution in [0.5, 0.6) is 0 Å². The molecule has 0 N–H and O–H groups in total. The summed E-state index contributed by atoms with van der Waals surface area (Å²) in [4.78, 5) is 0. The molecule has 4 rings (SSSR count). The van der Waals surface area contributed by atoms with Crippen LogP contribution >= 0.6 is 0 Å². The summed E-state index contributed by atoms with van der Waals surface area (Å²) in [6.45, 7) is 0.597. The van der Waals surface area contributed by atoms with Crippen LogP contribution < -0.4 is 0 Å². The van der Waals surface area contributed by atoms with Gasteiger partial charge in [-0.1, -0.05) is 42.5 Å². The van der Waals surface area contributed by atoms with Gasteiger partial charge in [-0.05, 0) is 17.7 Å². The molecule has 0 fully saturated rings. The summed E-state index contributed by atoms with van der Waals surface area (Å²) in [5.41, 5.74) is 2.81. The molecule has 0 unspecified atom stereocenters. The number of benzene rings is 2. The lowest BCUT2D eigenvalue weighted by Crippen LogP contribution is -2.03. The standard InChI is InChI=1S/C16H14N4O2S/c1-23(21,22)16-18-17-15-19(11-12-7-3-2-4-8-12)13-9-5-6-10-14(13)20(15)16/h2-10H,11H2,1H3. The first-order valence-electron chi connectivity index (χ1n) is 7.12. The SMILES string of the molecule is CS(=O)(=O)c1nnc2n(Cc3ccccc3)c3ccccc3n12. The Morgan fingerprint density at radius 1 is 0.913 bits per heavy atom. The van der Waals surface area contributed by atoms with Crippen LogP contribution in [0.3, 0.4) is 0 Å². The van der Waals surface area contributed by atoms with Crippen LogP contribution in [0, 0.1) is 0 Å². The van der Waals surface area contributed by atoms with Gasteiger partial charge in [0.05, 0.1) is 17.6 Å². The number of hydrogen-bond acceptors (Lipinski definition) is 4. The Hall–Kier alpha value is -2.67. The highest BCUT2D eigenvalue weighted by atomic mass is 32.2. The van der Waals surface area contributed by atoms with Gasteiger partial charge >= 0.3 is 0 Å².